The van der Waals surface area contributed by atoms with Crippen LogP contribution < -0.4 is 10.6 Å². The van der Waals surface area contributed by atoms with Crippen molar-refractivity contribution in [2.45, 2.75) is 13.0 Å². The summed E-state index contributed by atoms with van der Waals surface area (Å²) in [6, 6.07) is 12.0. The summed E-state index contributed by atoms with van der Waals surface area (Å²) < 4.78 is 16.4. The summed E-state index contributed by atoms with van der Waals surface area (Å²) in [5.41, 5.74) is 4.55. The van der Waals surface area contributed by atoms with Crippen LogP contribution in [0.3, 0.4) is 0 Å². The average molecular weight is 488 g/mol. The van der Waals surface area contributed by atoms with Crippen LogP contribution >= 0.6 is 0 Å². The predicted octanol–water partition coefficient (Wildman–Crippen LogP) is 4.06. The van der Waals surface area contributed by atoms with Gasteiger partial charge in [-0.05, 0) is 42.8 Å². The molecule has 178 valence electrons. The van der Waals surface area contributed by atoms with E-state index in [1.165, 1.54) is 17.3 Å². The largest absolute Gasteiger partial charge is 0.361 e. The molecule has 0 saturated heterocycles. The van der Waals surface area contributed by atoms with Crippen molar-refractivity contribution in [2.24, 2.45) is 4.36 Å². The van der Waals surface area contributed by atoms with Crippen molar-refractivity contribution < 1.29 is 4.21 Å². The number of hydrogen-bond acceptors (Lipinski definition) is 9. The Kier molecular flexibility index (Phi) is 5.84. The van der Waals surface area contributed by atoms with Gasteiger partial charge in [0.25, 0.3) is 0 Å². The van der Waals surface area contributed by atoms with E-state index in [4.69, 9.17) is 0 Å². The van der Waals surface area contributed by atoms with E-state index in [1.54, 1.807) is 24.8 Å². The summed E-state index contributed by atoms with van der Waals surface area (Å²) >= 11 is 0. The van der Waals surface area contributed by atoms with Crippen LogP contribution in [0.15, 0.2) is 47.1 Å². The van der Waals surface area contributed by atoms with Crippen molar-refractivity contribution in [1.82, 2.24) is 24.8 Å². The highest BCUT2D eigenvalue weighted by atomic mass is 32.2. The van der Waals surface area contributed by atoms with Gasteiger partial charge in [-0.1, -0.05) is 6.07 Å². The summed E-state index contributed by atoms with van der Waals surface area (Å²) in [5.74, 6) is 1.43. The second-order valence-corrected chi connectivity index (χ2v) is 11.4. The van der Waals surface area contributed by atoms with Gasteiger partial charge in [0.15, 0.2) is 11.6 Å². The van der Waals surface area contributed by atoms with Crippen LogP contribution in [0, 0.1) is 11.3 Å². The highest BCUT2D eigenvalue weighted by Crippen LogP contribution is 2.30. The van der Waals surface area contributed by atoms with Gasteiger partial charge >= 0.3 is 0 Å². The van der Waals surface area contributed by atoms with Crippen LogP contribution in [0.1, 0.15) is 16.7 Å². The monoisotopic (exact) mass is 487 g/mol. The molecule has 4 aromatic rings. The lowest BCUT2D eigenvalue weighted by Gasteiger charge is -2.25. The Morgan fingerprint density at radius 3 is 2.80 bits per heavy atom. The van der Waals surface area contributed by atoms with E-state index in [0.29, 0.717) is 23.4 Å². The highest BCUT2D eigenvalue weighted by molar-refractivity contribution is 7.92. The van der Waals surface area contributed by atoms with Gasteiger partial charge in [-0.2, -0.15) is 14.6 Å². The standard InChI is InChI=1S/C24H25N9OS/c1-33-9-7-15-4-5-18(10-16(15)14-33)28-24-27-13-17(12-25)22(31-24)30-23-19-6-8-26-20(19)11-21(29-23)32-35(2,3)34/h4-6,8,10-11,13,26H,7,9,14H2,1-3H3,(H2,27,28,29,30,31). The van der Waals surface area contributed by atoms with Crippen LogP contribution in [0.4, 0.5) is 29.1 Å². The van der Waals surface area contributed by atoms with Gasteiger partial charge < -0.3 is 20.5 Å². The molecule has 0 radical (unpaired) electrons. The molecule has 0 aliphatic carbocycles. The molecular formula is C24H25N9OS. The van der Waals surface area contributed by atoms with Gasteiger partial charge in [-0.25, -0.2) is 14.2 Å². The lowest BCUT2D eigenvalue weighted by Crippen LogP contribution is -2.26. The Balaban J connectivity index is 1.48. The lowest BCUT2D eigenvalue weighted by atomic mass is 9.99. The lowest BCUT2D eigenvalue weighted by molar-refractivity contribution is 0.313. The minimum atomic E-state index is -2.40. The molecule has 10 nitrogen and oxygen atoms in total. The topological polar surface area (TPSA) is 135 Å². The minimum absolute atomic E-state index is 0.269. The molecule has 1 aliphatic heterocycles. The summed E-state index contributed by atoms with van der Waals surface area (Å²) in [7, 11) is -0.290. The van der Waals surface area contributed by atoms with Crippen LogP contribution in [0.25, 0.3) is 10.9 Å². The van der Waals surface area contributed by atoms with E-state index in [1.807, 2.05) is 12.1 Å². The number of hydrogen-bond donors (Lipinski definition) is 3. The molecule has 0 fully saturated rings. The maximum absolute atomic E-state index is 12.2. The number of rotatable bonds is 5. The molecule has 0 bridgehead atoms. The zero-order valence-corrected chi connectivity index (χ0v) is 20.5. The van der Waals surface area contributed by atoms with Crippen LogP contribution in [0.2, 0.25) is 0 Å². The van der Waals surface area contributed by atoms with Crippen molar-refractivity contribution in [2.75, 3.05) is 36.7 Å². The van der Waals surface area contributed by atoms with Gasteiger partial charge in [0.2, 0.25) is 5.95 Å². The summed E-state index contributed by atoms with van der Waals surface area (Å²) in [6.07, 6.45) is 7.38. The number of benzene rings is 1. The quantitative estimate of drug-likeness (QED) is 0.384. The first kappa shape index (κ1) is 22.8. The maximum Gasteiger partial charge on any atom is 0.229 e. The molecular weight excluding hydrogens is 462 g/mol. The fourth-order valence-electron chi connectivity index (χ4n) is 4.05. The average Bonchev–Trinajstić information content (AvgIpc) is 3.27. The smallest absolute Gasteiger partial charge is 0.229 e. The number of nitrogens with zero attached hydrogens (tertiary/aromatic N) is 6. The van der Waals surface area contributed by atoms with Gasteiger partial charge in [-0.15, -0.1) is 0 Å². The van der Waals surface area contributed by atoms with E-state index in [0.717, 1.165) is 36.1 Å². The number of likely N-dealkylation sites (N-methyl/N-ethyl adjacent to an activating group) is 1. The molecule has 5 rings (SSSR count). The molecule has 0 unspecified atom stereocenters. The zero-order chi connectivity index (χ0) is 24.6. The number of nitrogens with one attached hydrogen (secondary N) is 3. The Hall–Kier alpha value is -4.01. The first-order chi connectivity index (χ1) is 16.8. The number of aromatic nitrogens is 4. The van der Waals surface area contributed by atoms with Gasteiger partial charge in [-0.3, -0.25) is 0 Å². The second-order valence-electron chi connectivity index (χ2n) is 8.83. The number of fused-ring (bicyclic) bond motifs is 2. The minimum Gasteiger partial charge on any atom is -0.361 e. The zero-order valence-electron chi connectivity index (χ0n) is 19.7. The number of H-pyrrole nitrogens is 1. The first-order valence-corrected chi connectivity index (χ1v) is 13.4. The summed E-state index contributed by atoms with van der Waals surface area (Å²) in [6.45, 7) is 1.95. The van der Waals surface area contributed by atoms with Gasteiger partial charge in [0.05, 0.1) is 11.7 Å². The number of aromatic amines is 1. The molecule has 11 heteroatoms. The van der Waals surface area contributed by atoms with Crippen LogP contribution in [0.5, 0.6) is 0 Å². The third kappa shape index (κ3) is 5.08. The van der Waals surface area contributed by atoms with Crippen LogP contribution in [-0.4, -0.2) is 55.1 Å². The van der Waals surface area contributed by atoms with E-state index in [-0.39, 0.29) is 5.56 Å². The molecule has 0 atom stereocenters. The second kappa shape index (κ2) is 8.98. The first-order valence-electron chi connectivity index (χ1n) is 11.0. The molecule has 0 amide bonds. The third-order valence-electron chi connectivity index (χ3n) is 5.66. The van der Waals surface area contributed by atoms with E-state index >= 15 is 0 Å². The van der Waals surface area contributed by atoms with Gasteiger partial charge in [0.1, 0.15) is 17.5 Å². The Labute approximate surface area is 203 Å². The summed E-state index contributed by atoms with van der Waals surface area (Å²) in [4.78, 5) is 18.8. The van der Waals surface area contributed by atoms with Crippen molar-refractivity contribution in [3.63, 3.8) is 0 Å². The SMILES string of the molecule is CN1CCc2ccc(Nc3ncc(C#N)c(Nc4nc(N=S(C)(C)=O)cc5[nH]ccc45)n3)cc2C1. The van der Waals surface area contributed by atoms with E-state index in [9.17, 15) is 9.47 Å². The number of nitriles is 1. The molecule has 35 heavy (non-hydrogen) atoms. The molecule has 0 spiro atoms. The molecule has 1 aromatic carbocycles. The third-order valence-corrected chi connectivity index (χ3v) is 6.29. The fraction of sp³-hybridized carbons (Fsp3) is 0.250. The molecule has 4 heterocycles. The Bertz CT molecular complexity index is 1590. The van der Waals surface area contributed by atoms with Crippen molar-refractivity contribution in [3.8, 4) is 6.07 Å². The number of anilines is 4. The molecule has 3 aromatic heterocycles. The van der Waals surface area contributed by atoms with E-state index < -0.39 is 9.73 Å². The molecule has 3 N–H and O–H groups in total. The van der Waals surface area contributed by atoms with Crippen molar-refractivity contribution in [1.29, 1.82) is 5.26 Å². The van der Waals surface area contributed by atoms with Crippen molar-refractivity contribution >= 4 is 49.7 Å². The highest BCUT2D eigenvalue weighted by Gasteiger charge is 2.15. The molecule has 0 saturated carbocycles. The van der Waals surface area contributed by atoms with Gasteiger partial charge in [0, 0.05) is 58.7 Å². The van der Waals surface area contributed by atoms with E-state index in [2.05, 4.69) is 65.1 Å². The fourth-order valence-corrected chi connectivity index (χ4v) is 4.59. The van der Waals surface area contributed by atoms with Crippen LogP contribution in [-0.2, 0) is 22.7 Å². The maximum atomic E-state index is 12.2. The Morgan fingerprint density at radius 1 is 1.14 bits per heavy atom. The Morgan fingerprint density at radius 2 is 2.00 bits per heavy atom. The molecule has 1 aliphatic rings. The predicted molar refractivity (Wildman–Crippen MR) is 138 cm³/mol. The normalized spacial score (nSPS) is 13.8. The summed E-state index contributed by atoms with van der Waals surface area (Å²) in [5, 5.41) is 16.8. The number of pyridine rings is 1. The van der Waals surface area contributed by atoms with Crippen molar-refractivity contribution in [3.05, 3.63) is 59.4 Å².